The van der Waals surface area contributed by atoms with E-state index in [1.54, 1.807) is 0 Å². The van der Waals surface area contributed by atoms with Gasteiger partial charge in [0.15, 0.2) is 5.52 Å². The molecule has 136 valence electrons. The van der Waals surface area contributed by atoms with E-state index in [1.165, 1.54) is 19.3 Å². The molecule has 0 heterocycles. The minimum absolute atomic E-state index is 0. The van der Waals surface area contributed by atoms with Crippen LogP contribution >= 0.6 is 8.58 Å². The van der Waals surface area contributed by atoms with Crippen LogP contribution in [0.4, 0.5) is 0 Å². The van der Waals surface area contributed by atoms with Gasteiger partial charge in [-0.3, -0.25) is 4.79 Å². The monoisotopic (exact) mass is 364 g/mol. The van der Waals surface area contributed by atoms with E-state index in [0.29, 0.717) is 0 Å². The Balaban J connectivity index is 0.00000338. The summed E-state index contributed by atoms with van der Waals surface area (Å²) in [4.78, 5) is 12.7. The zero-order valence-electron chi connectivity index (χ0n) is 17.8. The number of hydrogen-bond acceptors (Lipinski definition) is 2. The molecule has 2 rings (SSSR count). The van der Waals surface area contributed by atoms with Gasteiger partial charge in [0.05, 0.1) is 6.61 Å². The number of unbranched alkanes of at least 4 members (excludes halogenated alkanes) is 3. The van der Waals surface area contributed by atoms with E-state index in [-0.39, 0.29) is 34.4 Å². The first-order chi connectivity index (χ1) is 12.0. The van der Waals surface area contributed by atoms with Gasteiger partial charge in [-0.2, -0.15) is 0 Å². The summed E-state index contributed by atoms with van der Waals surface area (Å²) in [5, 5.41) is 1.10. The summed E-state index contributed by atoms with van der Waals surface area (Å²) in [6.45, 7) is 9.05. The Morgan fingerprint density at radius 2 is 1.69 bits per heavy atom. The second kappa shape index (κ2) is 11.6. The fraction of sp³-hybridized carbons (Fsp3) is 0.409. The number of aryl methyl sites for hydroxylation is 3. The van der Waals surface area contributed by atoms with E-state index in [9.17, 15) is 4.79 Å². The van der Waals surface area contributed by atoms with Crippen molar-refractivity contribution in [3.8, 4) is 5.75 Å². The van der Waals surface area contributed by atoms with Crippen molar-refractivity contribution in [2.45, 2.75) is 53.4 Å². The first-order valence-corrected chi connectivity index (χ1v) is 10.1. The van der Waals surface area contributed by atoms with Crippen LogP contribution in [-0.4, -0.2) is 12.1 Å². The molecule has 1 atom stereocenters. The van der Waals surface area contributed by atoms with E-state index in [2.05, 4.69) is 19.9 Å². The average molecular weight is 364 g/mol. The van der Waals surface area contributed by atoms with Crippen LogP contribution in [0.5, 0.6) is 5.75 Å². The molecule has 0 aliphatic rings. The summed E-state index contributed by atoms with van der Waals surface area (Å²) in [6, 6.07) is 12.1. The molecule has 2 nitrogen and oxygen atoms in total. The third-order valence-corrected chi connectivity index (χ3v) is 5.73. The topological polar surface area (TPSA) is 26.3 Å². The van der Waals surface area contributed by atoms with E-state index in [4.69, 9.17) is 4.74 Å². The average Bonchev–Trinajstić information content (AvgIpc) is 2.57. The molecule has 0 fully saturated rings. The van der Waals surface area contributed by atoms with Crippen LogP contribution in [0, 0.1) is 20.8 Å². The summed E-state index contributed by atoms with van der Waals surface area (Å²) in [6.07, 6.45) is 4.83. The molecule has 0 N–H and O–H groups in total. The van der Waals surface area contributed by atoms with E-state index in [0.717, 1.165) is 46.3 Å². The van der Waals surface area contributed by atoms with Crippen LogP contribution in [0.1, 0.15) is 61.1 Å². The molecule has 2 aromatic rings. The molecular weight excluding hydrogens is 334 g/mol. The van der Waals surface area contributed by atoms with Crippen molar-refractivity contribution < 1.29 is 29.8 Å². The predicted molar refractivity (Wildman–Crippen MR) is 110 cm³/mol. The third kappa shape index (κ3) is 6.59. The Bertz CT molecular complexity index is 714. The maximum Gasteiger partial charge on any atom is 1.00 e. The van der Waals surface area contributed by atoms with Crippen molar-refractivity contribution in [1.82, 2.24) is 0 Å². The smallest absolute Gasteiger partial charge is 1.00 e. The van der Waals surface area contributed by atoms with Crippen molar-refractivity contribution in [1.29, 1.82) is 0 Å². The van der Waals surface area contributed by atoms with Gasteiger partial charge >= 0.3 is 18.9 Å². The van der Waals surface area contributed by atoms with Gasteiger partial charge in [-0.05, 0) is 69.9 Å². The van der Waals surface area contributed by atoms with Crippen LogP contribution in [0.2, 0.25) is 0 Å². The van der Waals surface area contributed by atoms with Crippen molar-refractivity contribution >= 4 is 19.4 Å². The molecule has 0 radical (unpaired) electrons. The molecule has 0 aliphatic carbocycles. The summed E-state index contributed by atoms with van der Waals surface area (Å²) in [5.41, 5.74) is 4.33. The maximum atomic E-state index is 12.7. The van der Waals surface area contributed by atoms with E-state index < -0.39 is 0 Å². The van der Waals surface area contributed by atoms with Crippen molar-refractivity contribution in [3.05, 3.63) is 58.7 Å². The Morgan fingerprint density at radius 1 is 1.00 bits per heavy atom. The number of rotatable bonds is 9. The molecule has 1 unspecified atom stereocenters. The zero-order chi connectivity index (χ0) is 18.2. The molecule has 0 saturated heterocycles. The summed E-state index contributed by atoms with van der Waals surface area (Å²) in [7, 11) is 0.151. The first kappa shape index (κ1) is 23.0. The van der Waals surface area contributed by atoms with Gasteiger partial charge in [-0.1, -0.05) is 50.5 Å². The van der Waals surface area contributed by atoms with Gasteiger partial charge < -0.3 is 6.16 Å². The van der Waals surface area contributed by atoms with Crippen LogP contribution < -0.4 is 28.9 Å². The molecule has 0 bridgehead atoms. The molecule has 0 aromatic heterocycles. The summed E-state index contributed by atoms with van der Waals surface area (Å²) in [5.74, 6) is 0.905. The van der Waals surface area contributed by atoms with Gasteiger partial charge in [-0.25, -0.2) is 0 Å². The first-order valence-electron chi connectivity index (χ1n) is 9.14. The Hall–Kier alpha value is -1.06. The molecule has 26 heavy (non-hydrogen) atoms. The van der Waals surface area contributed by atoms with Gasteiger partial charge in [-0.15, -0.1) is 0 Å². The zero-order valence-corrected chi connectivity index (χ0v) is 17.8. The number of ether oxygens (including phenoxy) is 1. The molecule has 4 heteroatoms. The van der Waals surface area contributed by atoms with Gasteiger partial charge in [0.25, 0.3) is 0 Å². The van der Waals surface area contributed by atoms with Gasteiger partial charge in [0.1, 0.15) is 5.75 Å². The van der Waals surface area contributed by atoms with Crippen LogP contribution in [-0.2, 0) is 0 Å². The Kier molecular flexibility index (Phi) is 10.3. The summed E-state index contributed by atoms with van der Waals surface area (Å²) < 4.78 is 5.83. The maximum absolute atomic E-state index is 12.7. The van der Waals surface area contributed by atoms with Crippen molar-refractivity contribution in [2.75, 3.05) is 6.61 Å². The fourth-order valence-corrected chi connectivity index (χ4v) is 4.14. The SMILES string of the molecule is CCCCCCOc1ccc(PC(=O)c2c(C)cccc2C)c(C)c1.[H-].[Li+]. The summed E-state index contributed by atoms with van der Waals surface area (Å²) >= 11 is 0. The molecular formula is C22H30LiO2P. The standard InChI is InChI=1S/C22H29O2P.Li.H/c1-5-6-7-8-14-24-19-12-13-20(18(4)15-19)25-22(23)21-16(2)10-9-11-17(21)3;;/h9-13,15,25H,5-8,14H2,1-4H3;;/q;+1;-1. The quantitative estimate of drug-likeness (QED) is 0.389. The molecule has 2 aromatic carbocycles. The molecule has 0 aliphatic heterocycles. The van der Waals surface area contributed by atoms with E-state index >= 15 is 0 Å². The van der Waals surface area contributed by atoms with Gasteiger partial charge in [0, 0.05) is 5.56 Å². The predicted octanol–water partition coefficient (Wildman–Crippen LogP) is 2.83. The van der Waals surface area contributed by atoms with Crippen molar-refractivity contribution in [3.63, 3.8) is 0 Å². The fourth-order valence-electron chi connectivity index (χ4n) is 2.94. The number of hydrogen-bond donors (Lipinski definition) is 0. The van der Waals surface area contributed by atoms with Gasteiger partial charge in [0.2, 0.25) is 0 Å². The second-order valence-corrected chi connectivity index (χ2v) is 7.85. The van der Waals surface area contributed by atoms with Crippen LogP contribution in [0.15, 0.2) is 36.4 Å². The number of benzene rings is 2. The number of carbonyl (C=O) groups is 1. The molecule has 0 saturated carbocycles. The minimum Gasteiger partial charge on any atom is -1.00 e. The van der Waals surface area contributed by atoms with Crippen LogP contribution in [0.25, 0.3) is 0 Å². The van der Waals surface area contributed by atoms with Crippen molar-refractivity contribution in [2.24, 2.45) is 0 Å². The Morgan fingerprint density at radius 3 is 2.31 bits per heavy atom. The number of carbonyl (C=O) groups excluding carboxylic acids is 1. The normalized spacial score (nSPS) is 10.8. The second-order valence-electron chi connectivity index (χ2n) is 6.61. The third-order valence-electron chi connectivity index (χ3n) is 4.42. The van der Waals surface area contributed by atoms with E-state index in [1.807, 2.05) is 44.2 Å². The molecule has 0 amide bonds. The molecule has 0 spiro atoms. The largest absolute Gasteiger partial charge is 1.00 e. The Labute approximate surface area is 173 Å². The van der Waals surface area contributed by atoms with Crippen LogP contribution in [0.3, 0.4) is 0 Å². The minimum atomic E-state index is 0.